The van der Waals surface area contributed by atoms with Gasteiger partial charge in [-0.05, 0) is 32.3 Å². The highest BCUT2D eigenvalue weighted by Gasteiger charge is 2.39. The van der Waals surface area contributed by atoms with Crippen LogP contribution < -0.4 is 0 Å². The summed E-state index contributed by atoms with van der Waals surface area (Å²) in [6, 6.07) is 8.44. The molecule has 0 aliphatic heterocycles. The summed E-state index contributed by atoms with van der Waals surface area (Å²) in [6.07, 6.45) is 5.90. The van der Waals surface area contributed by atoms with Gasteiger partial charge in [0.15, 0.2) is 0 Å². The van der Waals surface area contributed by atoms with Crippen molar-refractivity contribution in [1.29, 1.82) is 0 Å². The molecule has 1 aliphatic carbocycles. The molecule has 1 unspecified atom stereocenters. The van der Waals surface area contributed by atoms with Gasteiger partial charge < -0.3 is 9.84 Å². The van der Waals surface area contributed by atoms with Gasteiger partial charge in [0.25, 0.3) is 0 Å². The fraction of sp³-hybridized carbons (Fsp3) is 0.647. The molecule has 0 radical (unpaired) electrons. The Labute approximate surface area is 116 Å². The highest BCUT2D eigenvalue weighted by molar-refractivity contribution is 5.22. The van der Waals surface area contributed by atoms with Crippen molar-refractivity contribution < 1.29 is 9.84 Å². The topological polar surface area (TPSA) is 29.5 Å². The minimum atomic E-state index is -0.393. The molecule has 0 spiro atoms. The number of aliphatic hydroxyl groups is 1. The Bertz CT molecular complexity index is 371. The molecule has 1 aromatic rings. The van der Waals surface area contributed by atoms with Gasteiger partial charge in [-0.3, -0.25) is 0 Å². The van der Waals surface area contributed by atoms with Crippen LogP contribution in [0.25, 0.3) is 0 Å². The van der Waals surface area contributed by atoms with Gasteiger partial charge in [-0.2, -0.15) is 0 Å². The first-order chi connectivity index (χ1) is 9.16. The van der Waals surface area contributed by atoms with Gasteiger partial charge in [0, 0.05) is 13.0 Å². The van der Waals surface area contributed by atoms with Crippen LogP contribution in [0.5, 0.6) is 0 Å². The van der Waals surface area contributed by atoms with Gasteiger partial charge in [-0.1, -0.05) is 49.1 Å². The van der Waals surface area contributed by atoms with Gasteiger partial charge in [-0.25, -0.2) is 0 Å². The number of hydrogen-bond donors (Lipinski definition) is 1. The van der Waals surface area contributed by atoms with E-state index in [1.165, 1.54) is 30.4 Å². The van der Waals surface area contributed by atoms with E-state index in [1.807, 2.05) is 6.92 Å². The van der Waals surface area contributed by atoms with E-state index in [0.29, 0.717) is 13.0 Å². The van der Waals surface area contributed by atoms with Crippen molar-refractivity contribution in [3.63, 3.8) is 0 Å². The summed E-state index contributed by atoms with van der Waals surface area (Å²) in [5, 5.41) is 10.7. The molecule has 0 heterocycles. The third-order valence-corrected chi connectivity index (χ3v) is 4.29. The third kappa shape index (κ3) is 3.58. The summed E-state index contributed by atoms with van der Waals surface area (Å²) >= 11 is 0. The van der Waals surface area contributed by atoms with Crippen LogP contribution >= 0.6 is 0 Å². The van der Waals surface area contributed by atoms with Crippen molar-refractivity contribution >= 4 is 0 Å². The molecule has 1 N–H and O–H groups in total. The Morgan fingerprint density at radius 1 is 1.16 bits per heavy atom. The second kappa shape index (κ2) is 6.53. The van der Waals surface area contributed by atoms with Crippen molar-refractivity contribution in [3.8, 4) is 0 Å². The van der Waals surface area contributed by atoms with E-state index in [2.05, 4.69) is 31.2 Å². The molecule has 1 atom stereocenters. The average molecular weight is 262 g/mol. The second-order valence-electron chi connectivity index (χ2n) is 5.76. The molecule has 1 aliphatic rings. The van der Waals surface area contributed by atoms with Gasteiger partial charge in [0.05, 0.1) is 11.7 Å². The van der Waals surface area contributed by atoms with E-state index in [4.69, 9.17) is 4.74 Å². The van der Waals surface area contributed by atoms with Crippen LogP contribution in [-0.2, 0) is 11.2 Å². The van der Waals surface area contributed by atoms with Crippen LogP contribution in [0.2, 0.25) is 0 Å². The summed E-state index contributed by atoms with van der Waals surface area (Å²) in [4.78, 5) is 0. The van der Waals surface area contributed by atoms with Gasteiger partial charge in [0.2, 0.25) is 0 Å². The van der Waals surface area contributed by atoms with Crippen molar-refractivity contribution in [1.82, 2.24) is 0 Å². The van der Waals surface area contributed by atoms with Gasteiger partial charge >= 0.3 is 0 Å². The summed E-state index contributed by atoms with van der Waals surface area (Å²) < 4.78 is 5.98. The van der Waals surface area contributed by atoms with E-state index >= 15 is 0 Å². The molecule has 2 rings (SSSR count). The maximum Gasteiger partial charge on any atom is 0.0943 e. The van der Waals surface area contributed by atoms with Crippen molar-refractivity contribution in [2.45, 2.75) is 64.1 Å². The lowest BCUT2D eigenvalue weighted by Crippen LogP contribution is -2.47. The summed E-state index contributed by atoms with van der Waals surface area (Å²) in [6.45, 7) is 4.79. The zero-order valence-electron chi connectivity index (χ0n) is 12.2. The molecule has 1 aromatic carbocycles. The Hall–Kier alpha value is -0.860. The number of aryl methyl sites for hydroxylation is 1. The van der Waals surface area contributed by atoms with E-state index in [-0.39, 0.29) is 5.60 Å². The molecule has 1 saturated carbocycles. The number of benzene rings is 1. The summed E-state index contributed by atoms with van der Waals surface area (Å²) in [5.41, 5.74) is 2.15. The standard InChI is InChI=1S/C17H26O2/c1-3-19-17(11-5-4-6-12-17)16(18)13-15-9-7-14(2)8-10-15/h7-10,16,18H,3-6,11-13H2,1-2H3. The van der Waals surface area contributed by atoms with Crippen LogP contribution in [0.4, 0.5) is 0 Å². The Morgan fingerprint density at radius 3 is 2.37 bits per heavy atom. The van der Waals surface area contributed by atoms with Crippen molar-refractivity contribution in [3.05, 3.63) is 35.4 Å². The molecule has 1 fully saturated rings. The molecular formula is C17H26O2. The summed E-state index contributed by atoms with van der Waals surface area (Å²) in [5.74, 6) is 0. The lowest BCUT2D eigenvalue weighted by atomic mass is 9.78. The molecule has 0 bridgehead atoms. The van der Waals surface area contributed by atoms with Gasteiger partial charge in [0.1, 0.15) is 0 Å². The van der Waals surface area contributed by atoms with Crippen LogP contribution in [-0.4, -0.2) is 23.4 Å². The minimum absolute atomic E-state index is 0.308. The van der Waals surface area contributed by atoms with E-state index < -0.39 is 6.10 Å². The van der Waals surface area contributed by atoms with E-state index in [0.717, 1.165) is 12.8 Å². The summed E-state index contributed by atoms with van der Waals surface area (Å²) in [7, 11) is 0. The molecule has 0 aromatic heterocycles. The fourth-order valence-corrected chi connectivity index (χ4v) is 3.14. The van der Waals surface area contributed by atoms with Crippen LogP contribution in [0.3, 0.4) is 0 Å². The smallest absolute Gasteiger partial charge is 0.0943 e. The molecule has 106 valence electrons. The maximum absolute atomic E-state index is 10.7. The highest BCUT2D eigenvalue weighted by atomic mass is 16.5. The SMILES string of the molecule is CCOC1(C(O)Cc2ccc(C)cc2)CCCCC1. The number of aliphatic hydroxyl groups excluding tert-OH is 1. The zero-order chi connectivity index (χ0) is 13.7. The molecular weight excluding hydrogens is 236 g/mol. The highest BCUT2D eigenvalue weighted by Crippen LogP contribution is 2.35. The minimum Gasteiger partial charge on any atom is -0.390 e. The van der Waals surface area contributed by atoms with Crippen molar-refractivity contribution in [2.24, 2.45) is 0 Å². The fourth-order valence-electron chi connectivity index (χ4n) is 3.14. The monoisotopic (exact) mass is 262 g/mol. The first-order valence-electron chi connectivity index (χ1n) is 7.54. The molecule has 0 amide bonds. The quantitative estimate of drug-likeness (QED) is 0.878. The van der Waals surface area contributed by atoms with E-state index in [9.17, 15) is 5.11 Å². The first kappa shape index (κ1) is 14.5. The van der Waals surface area contributed by atoms with Crippen molar-refractivity contribution in [2.75, 3.05) is 6.61 Å². The largest absolute Gasteiger partial charge is 0.390 e. The Balaban J connectivity index is 2.06. The predicted molar refractivity (Wildman–Crippen MR) is 78.3 cm³/mol. The van der Waals surface area contributed by atoms with Gasteiger partial charge in [-0.15, -0.1) is 0 Å². The Morgan fingerprint density at radius 2 is 1.79 bits per heavy atom. The zero-order valence-corrected chi connectivity index (χ0v) is 12.2. The second-order valence-corrected chi connectivity index (χ2v) is 5.76. The van der Waals surface area contributed by atoms with Crippen LogP contribution in [0.1, 0.15) is 50.2 Å². The lowest BCUT2D eigenvalue weighted by Gasteiger charge is -2.41. The normalized spacial score (nSPS) is 20.2. The van der Waals surface area contributed by atoms with Crippen LogP contribution in [0.15, 0.2) is 24.3 Å². The maximum atomic E-state index is 10.7. The number of ether oxygens (including phenoxy) is 1. The number of rotatable bonds is 5. The third-order valence-electron chi connectivity index (χ3n) is 4.29. The van der Waals surface area contributed by atoms with Crippen LogP contribution in [0, 0.1) is 6.92 Å². The molecule has 2 heteroatoms. The number of hydrogen-bond acceptors (Lipinski definition) is 2. The predicted octanol–water partition coefficient (Wildman–Crippen LogP) is 3.64. The molecule has 2 nitrogen and oxygen atoms in total. The lowest BCUT2D eigenvalue weighted by molar-refractivity contribution is -0.138. The first-order valence-corrected chi connectivity index (χ1v) is 7.54. The van der Waals surface area contributed by atoms with E-state index in [1.54, 1.807) is 0 Å². The average Bonchev–Trinajstić information content (AvgIpc) is 2.43. The molecule has 0 saturated heterocycles. The Kier molecular flexibility index (Phi) is 5.00. The molecule has 19 heavy (non-hydrogen) atoms.